The predicted molar refractivity (Wildman–Crippen MR) is 94.2 cm³/mol. The fraction of sp³-hybridized carbons (Fsp3) is 0.500. The molecule has 0 atom stereocenters. The van der Waals surface area contributed by atoms with Gasteiger partial charge in [-0.2, -0.15) is 11.8 Å². The van der Waals surface area contributed by atoms with Gasteiger partial charge in [0, 0.05) is 19.3 Å². The minimum Gasteiger partial charge on any atom is -0.329 e. The Kier molecular flexibility index (Phi) is 5.57. The fourth-order valence-corrected chi connectivity index (χ4v) is 3.98. The maximum Gasteiger partial charge on any atom is 0.0951 e. The van der Waals surface area contributed by atoms with Gasteiger partial charge in [0.05, 0.1) is 12.0 Å². The second-order valence-corrected chi connectivity index (χ2v) is 7.08. The highest BCUT2D eigenvalue weighted by Crippen LogP contribution is 2.21. The van der Waals surface area contributed by atoms with Crippen LogP contribution in [0.5, 0.6) is 0 Å². The Morgan fingerprint density at radius 2 is 1.91 bits per heavy atom. The highest BCUT2D eigenvalue weighted by atomic mass is 32.2. The normalized spacial score (nSPS) is 17.0. The lowest BCUT2D eigenvalue weighted by Crippen LogP contribution is -2.34. The molecule has 22 heavy (non-hydrogen) atoms. The van der Waals surface area contributed by atoms with E-state index in [1.54, 1.807) is 0 Å². The smallest absolute Gasteiger partial charge is 0.0951 e. The van der Waals surface area contributed by atoms with Gasteiger partial charge in [-0.15, -0.1) is 0 Å². The largest absolute Gasteiger partial charge is 0.329 e. The summed E-state index contributed by atoms with van der Waals surface area (Å²) in [5, 5.41) is 0. The molecule has 2 heterocycles. The third-order valence-electron chi connectivity index (χ3n) is 4.49. The average molecular weight is 315 g/mol. The summed E-state index contributed by atoms with van der Waals surface area (Å²) in [6.45, 7) is 4.39. The van der Waals surface area contributed by atoms with E-state index < -0.39 is 0 Å². The minimum atomic E-state index is 0.916. The molecule has 2 aromatic rings. The van der Waals surface area contributed by atoms with Crippen LogP contribution in [0.2, 0.25) is 0 Å². The van der Waals surface area contributed by atoms with Crippen molar-refractivity contribution >= 4 is 11.8 Å². The SMILES string of the molecule is CSCC1CCN(Cc2cncn2Cc2ccccc2)CC1. The average Bonchev–Trinajstić information content (AvgIpc) is 2.97. The third-order valence-corrected chi connectivity index (χ3v) is 5.29. The van der Waals surface area contributed by atoms with Gasteiger partial charge in [-0.1, -0.05) is 30.3 Å². The fourth-order valence-electron chi connectivity index (χ4n) is 3.18. The molecule has 1 aliphatic heterocycles. The Morgan fingerprint density at radius 3 is 2.64 bits per heavy atom. The van der Waals surface area contributed by atoms with Crippen molar-refractivity contribution in [1.82, 2.24) is 14.5 Å². The number of piperidine rings is 1. The van der Waals surface area contributed by atoms with Crippen molar-refractivity contribution in [2.75, 3.05) is 25.1 Å². The van der Waals surface area contributed by atoms with Gasteiger partial charge in [0.1, 0.15) is 0 Å². The van der Waals surface area contributed by atoms with Crippen LogP contribution in [-0.2, 0) is 13.1 Å². The third kappa shape index (κ3) is 4.14. The molecule has 1 aliphatic rings. The number of rotatable bonds is 6. The van der Waals surface area contributed by atoms with Crippen molar-refractivity contribution in [3.63, 3.8) is 0 Å². The summed E-state index contributed by atoms with van der Waals surface area (Å²) in [7, 11) is 0. The number of imidazole rings is 1. The van der Waals surface area contributed by atoms with Crippen molar-refractivity contribution in [1.29, 1.82) is 0 Å². The van der Waals surface area contributed by atoms with Crippen molar-refractivity contribution in [3.8, 4) is 0 Å². The summed E-state index contributed by atoms with van der Waals surface area (Å²) in [5.74, 6) is 2.24. The molecule has 0 unspecified atom stereocenters. The number of likely N-dealkylation sites (tertiary alicyclic amines) is 1. The van der Waals surface area contributed by atoms with Crippen LogP contribution in [0, 0.1) is 5.92 Å². The van der Waals surface area contributed by atoms with E-state index in [0.717, 1.165) is 19.0 Å². The first kappa shape index (κ1) is 15.6. The number of hydrogen-bond acceptors (Lipinski definition) is 3. The number of hydrogen-bond donors (Lipinski definition) is 0. The predicted octanol–water partition coefficient (Wildman–Crippen LogP) is 3.51. The number of nitrogens with zero attached hydrogens (tertiary/aromatic N) is 3. The lowest BCUT2D eigenvalue weighted by molar-refractivity contribution is 0.183. The summed E-state index contributed by atoms with van der Waals surface area (Å²) in [6, 6.07) is 10.6. The molecule has 0 amide bonds. The molecule has 0 spiro atoms. The minimum absolute atomic E-state index is 0.916. The Morgan fingerprint density at radius 1 is 1.14 bits per heavy atom. The zero-order valence-corrected chi connectivity index (χ0v) is 14.1. The molecule has 0 aliphatic carbocycles. The molecule has 3 rings (SSSR count). The highest BCUT2D eigenvalue weighted by Gasteiger charge is 2.19. The standard InChI is InChI=1S/C18H25N3S/c1-22-14-17-7-9-20(10-8-17)13-18-11-19-15-21(18)12-16-5-3-2-4-6-16/h2-6,11,15,17H,7-10,12-14H2,1H3. The van der Waals surface area contributed by atoms with Crippen LogP contribution in [0.15, 0.2) is 42.9 Å². The van der Waals surface area contributed by atoms with Gasteiger partial charge in [0.25, 0.3) is 0 Å². The topological polar surface area (TPSA) is 21.1 Å². The first-order chi connectivity index (χ1) is 10.8. The van der Waals surface area contributed by atoms with E-state index in [-0.39, 0.29) is 0 Å². The van der Waals surface area contributed by atoms with Crippen LogP contribution < -0.4 is 0 Å². The van der Waals surface area contributed by atoms with Gasteiger partial charge in [0.2, 0.25) is 0 Å². The van der Waals surface area contributed by atoms with Crippen molar-refractivity contribution in [2.24, 2.45) is 5.92 Å². The second-order valence-electron chi connectivity index (χ2n) is 6.17. The first-order valence-corrected chi connectivity index (χ1v) is 9.49. The molecule has 0 N–H and O–H groups in total. The maximum atomic E-state index is 4.36. The van der Waals surface area contributed by atoms with E-state index in [9.17, 15) is 0 Å². The quantitative estimate of drug-likeness (QED) is 0.814. The Labute approximate surface area is 137 Å². The van der Waals surface area contributed by atoms with Crippen LogP contribution in [0.3, 0.4) is 0 Å². The van der Waals surface area contributed by atoms with Crippen LogP contribution in [0.1, 0.15) is 24.1 Å². The van der Waals surface area contributed by atoms with E-state index >= 15 is 0 Å². The Balaban J connectivity index is 1.57. The Bertz CT molecular complexity index is 559. The van der Waals surface area contributed by atoms with Gasteiger partial charge in [-0.25, -0.2) is 4.98 Å². The van der Waals surface area contributed by atoms with Gasteiger partial charge >= 0.3 is 0 Å². The first-order valence-electron chi connectivity index (χ1n) is 8.09. The molecule has 0 radical (unpaired) electrons. The zero-order valence-electron chi connectivity index (χ0n) is 13.3. The monoisotopic (exact) mass is 315 g/mol. The second kappa shape index (κ2) is 7.84. The van der Waals surface area contributed by atoms with Gasteiger partial charge in [-0.3, -0.25) is 4.90 Å². The lowest BCUT2D eigenvalue weighted by atomic mass is 9.99. The van der Waals surface area contributed by atoms with E-state index in [1.807, 2.05) is 24.3 Å². The molecule has 0 bridgehead atoms. The van der Waals surface area contributed by atoms with E-state index in [4.69, 9.17) is 0 Å². The maximum absolute atomic E-state index is 4.36. The molecule has 1 fully saturated rings. The molecule has 1 saturated heterocycles. The molecular weight excluding hydrogens is 290 g/mol. The summed E-state index contributed by atoms with van der Waals surface area (Å²) in [4.78, 5) is 6.94. The summed E-state index contributed by atoms with van der Waals surface area (Å²) in [6.07, 6.45) is 8.88. The van der Waals surface area contributed by atoms with Crippen LogP contribution >= 0.6 is 11.8 Å². The molecule has 4 heteroatoms. The summed E-state index contributed by atoms with van der Waals surface area (Å²) < 4.78 is 2.28. The van der Waals surface area contributed by atoms with Gasteiger partial charge in [0.15, 0.2) is 0 Å². The van der Waals surface area contributed by atoms with E-state index in [0.29, 0.717) is 0 Å². The van der Waals surface area contributed by atoms with Crippen LogP contribution in [0.25, 0.3) is 0 Å². The van der Waals surface area contributed by atoms with Crippen molar-refractivity contribution in [3.05, 3.63) is 54.1 Å². The zero-order chi connectivity index (χ0) is 15.2. The molecule has 1 aromatic heterocycles. The van der Waals surface area contributed by atoms with Crippen LogP contribution in [0.4, 0.5) is 0 Å². The molecule has 1 aromatic carbocycles. The van der Waals surface area contributed by atoms with Gasteiger partial charge < -0.3 is 4.57 Å². The summed E-state index contributed by atoms with van der Waals surface area (Å²) in [5.41, 5.74) is 2.66. The number of aromatic nitrogens is 2. The molecule has 3 nitrogen and oxygen atoms in total. The van der Waals surface area contributed by atoms with Crippen molar-refractivity contribution in [2.45, 2.75) is 25.9 Å². The van der Waals surface area contributed by atoms with Crippen molar-refractivity contribution < 1.29 is 0 Å². The van der Waals surface area contributed by atoms with E-state index in [1.165, 1.54) is 42.9 Å². The molecule has 0 saturated carbocycles. The van der Waals surface area contributed by atoms with Gasteiger partial charge in [-0.05, 0) is 49.4 Å². The van der Waals surface area contributed by atoms with E-state index in [2.05, 4.69) is 51.0 Å². The number of thioether (sulfide) groups is 1. The summed E-state index contributed by atoms with van der Waals surface area (Å²) >= 11 is 1.99. The Hall–Kier alpha value is -1.26. The molecule has 118 valence electrons. The highest BCUT2D eigenvalue weighted by molar-refractivity contribution is 7.98. The lowest BCUT2D eigenvalue weighted by Gasteiger charge is -2.31. The molecular formula is C18H25N3S. The number of benzene rings is 1. The van der Waals surface area contributed by atoms with Crippen LogP contribution in [-0.4, -0.2) is 39.5 Å².